The fraction of sp³-hybridized carbons (Fsp3) is 0.250. The Morgan fingerprint density at radius 3 is 2.81 bits per heavy atom. The smallest absolute Gasteiger partial charge is 0.235 e. The molecule has 0 aliphatic carbocycles. The molecule has 0 saturated carbocycles. The molecule has 0 radical (unpaired) electrons. The minimum atomic E-state index is -0.251. The van der Waals surface area contributed by atoms with Gasteiger partial charge in [-0.05, 0) is 49.6 Å². The molecule has 3 aromatic rings. The van der Waals surface area contributed by atoms with E-state index >= 15 is 0 Å². The Hall–Kier alpha value is -3.02. The summed E-state index contributed by atoms with van der Waals surface area (Å²) in [6.07, 6.45) is 0.965. The molecule has 0 fully saturated rings. The number of aromatic nitrogens is 3. The Bertz CT molecular complexity index is 943. The van der Waals surface area contributed by atoms with E-state index in [0.29, 0.717) is 24.3 Å². The molecule has 6 heteroatoms. The Balaban J connectivity index is 1.61. The normalized spacial score (nSPS) is 15.8. The summed E-state index contributed by atoms with van der Waals surface area (Å²) in [6, 6.07) is 15.1. The van der Waals surface area contributed by atoms with Crippen molar-refractivity contribution in [3.05, 3.63) is 71.3 Å². The third-order valence-corrected chi connectivity index (χ3v) is 4.50. The first-order chi connectivity index (χ1) is 12.6. The highest BCUT2D eigenvalue weighted by molar-refractivity contribution is 5.67. The average molecular weight is 349 g/mol. The van der Waals surface area contributed by atoms with E-state index in [2.05, 4.69) is 50.3 Å². The molecular formula is C20H20FN5. The van der Waals surface area contributed by atoms with Crippen molar-refractivity contribution in [3.8, 4) is 0 Å². The Morgan fingerprint density at radius 1 is 1.12 bits per heavy atom. The maximum absolute atomic E-state index is 13.3. The number of rotatable bonds is 4. The first kappa shape index (κ1) is 16.4. The Kier molecular flexibility index (Phi) is 4.24. The fourth-order valence-electron chi connectivity index (χ4n) is 3.35. The van der Waals surface area contributed by atoms with Crippen LogP contribution in [0.25, 0.3) is 0 Å². The number of nitrogens with one attached hydrogen (secondary N) is 1. The highest BCUT2D eigenvalue weighted by atomic mass is 19.1. The largest absolute Gasteiger partial charge is 0.350 e. The van der Waals surface area contributed by atoms with Crippen molar-refractivity contribution < 1.29 is 4.39 Å². The molecule has 0 bridgehead atoms. The van der Waals surface area contributed by atoms with E-state index in [-0.39, 0.29) is 11.9 Å². The van der Waals surface area contributed by atoms with Gasteiger partial charge in [0.05, 0.1) is 0 Å². The van der Waals surface area contributed by atoms with Gasteiger partial charge in [0, 0.05) is 18.3 Å². The number of nitrogens with zero attached hydrogens (tertiary/aromatic N) is 4. The van der Waals surface area contributed by atoms with Gasteiger partial charge in [-0.1, -0.05) is 30.3 Å². The molecule has 2 aromatic carbocycles. The third-order valence-electron chi connectivity index (χ3n) is 4.50. The summed E-state index contributed by atoms with van der Waals surface area (Å²) in [5.74, 6) is 1.53. The second-order valence-corrected chi connectivity index (χ2v) is 6.54. The SMILES string of the molecule is Cc1nc(NCc2cccc(F)c2)nc(N2c3ccccc3CC2C)n1. The summed E-state index contributed by atoms with van der Waals surface area (Å²) in [5.41, 5.74) is 3.28. The predicted octanol–water partition coefficient (Wildman–Crippen LogP) is 4.01. The van der Waals surface area contributed by atoms with Gasteiger partial charge in [0.15, 0.2) is 0 Å². The van der Waals surface area contributed by atoms with Crippen LogP contribution in [0.1, 0.15) is 23.9 Å². The maximum Gasteiger partial charge on any atom is 0.235 e. The summed E-state index contributed by atoms with van der Waals surface area (Å²) in [6.45, 7) is 4.47. The number of hydrogen-bond donors (Lipinski definition) is 1. The average Bonchev–Trinajstić information content (AvgIpc) is 2.95. The van der Waals surface area contributed by atoms with E-state index in [0.717, 1.165) is 17.7 Å². The van der Waals surface area contributed by atoms with Crippen LogP contribution in [-0.4, -0.2) is 21.0 Å². The van der Waals surface area contributed by atoms with Crippen molar-refractivity contribution in [1.29, 1.82) is 0 Å². The van der Waals surface area contributed by atoms with Gasteiger partial charge in [0.2, 0.25) is 11.9 Å². The number of hydrogen-bond acceptors (Lipinski definition) is 5. The van der Waals surface area contributed by atoms with E-state index in [9.17, 15) is 4.39 Å². The molecule has 1 aliphatic heterocycles. The van der Waals surface area contributed by atoms with Crippen LogP contribution in [0.2, 0.25) is 0 Å². The van der Waals surface area contributed by atoms with Crippen molar-refractivity contribution in [2.75, 3.05) is 10.2 Å². The fourth-order valence-corrected chi connectivity index (χ4v) is 3.35. The quantitative estimate of drug-likeness (QED) is 0.771. The van der Waals surface area contributed by atoms with Gasteiger partial charge in [0.25, 0.3) is 0 Å². The molecule has 26 heavy (non-hydrogen) atoms. The summed E-state index contributed by atoms with van der Waals surface area (Å²) < 4.78 is 13.3. The van der Waals surface area contributed by atoms with Crippen LogP contribution >= 0.6 is 0 Å². The van der Waals surface area contributed by atoms with Gasteiger partial charge in [-0.3, -0.25) is 0 Å². The van der Waals surface area contributed by atoms with Crippen molar-refractivity contribution in [2.24, 2.45) is 0 Å². The lowest BCUT2D eigenvalue weighted by Gasteiger charge is -2.23. The second-order valence-electron chi connectivity index (χ2n) is 6.54. The van der Waals surface area contributed by atoms with Crippen LogP contribution in [0.3, 0.4) is 0 Å². The van der Waals surface area contributed by atoms with E-state index < -0.39 is 0 Å². The van der Waals surface area contributed by atoms with E-state index in [4.69, 9.17) is 0 Å². The van der Waals surface area contributed by atoms with Crippen molar-refractivity contribution in [1.82, 2.24) is 15.0 Å². The van der Waals surface area contributed by atoms with Crippen LogP contribution in [0.4, 0.5) is 22.0 Å². The number of aryl methyl sites for hydroxylation is 1. The molecule has 1 atom stereocenters. The zero-order chi connectivity index (χ0) is 18.1. The van der Waals surface area contributed by atoms with E-state index in [1.54, 1.807) is 6.07 Å². The second kappa shape index (κ2) is 6.71. The number of halogens is 1. The molecule has 1 aliphatic rings. The standard InChI is InChI=1S/C20H20FN5/c1-13-10-16-7-3-4-9-18(16)26(13)20-24-14(2)23-19(25-20)22-12-15-6-5-8-17(21)11-15/h3-9,11,13H,10,12H2,1-2H3,(H,22,23,24,25). The van der Waals surface area contributed by atoms with Gasteiger partial charge in [-0.25, -0.2) is 4.39 Å². The van der Waals surface area contributed by atoms with Crippen LogP contribution < -0.4 is 10.2 Å². The maximum atomic E-state index is 13.3. The first-order valence-corrected chi connectivity index (χ1v) is 8.68. The molecule has 1 aromatic heterocycles. The lowest BCUT2D eigenvalue weighted by atomic mass is 10.1. The van der Waals surface area contributed by atoms with Crippen LogP contribution in [0.5, 0.6) is 0 Å². The Labute approximate surface area is 151 Å². The minimum absolute atomic E-state index is 0.251. The van der Waals surface area contributed by atoms with Gasteiger partial charge >= 0.3 is 0 Å². The van der Waals surface area contributed by atoms with Crippen LogP contribution in [-0.2, 0) is 13.0 Å². The number of benzene rings is 2. The number of fused-ring (bicyclic) bond motifs is 1. The lowest BCUT2D eigenvalue weighted by Crippen LogP contribution is -2.26. The van der Waals surface area contributed by atoms with Crippen LogP contribution in [0, 0.1) is 12.7 Å². The van der Waals surface area contributed by atoms with Gasteiger partial charge < -0.3 is 10.2 Å². The zero-order valence-corrected chi connectivity index (χ0v) is 14.8. The molecule has 0 amide bonds. The third kappa shape index (κ3) is 3.22. The summed E-state index contributed by atoms with van der Waals surface area (Å²) in [5, 5.41) is 3.18. The van der Waals surface area contributed by atoms with Gasteiger partial charge in [0.1, 0.15) is 11.6 Å². The van der Waals surface area contributed by atoms with Crippen LogP contribution in [0.15, 0.2) is 48.5 Å². The predicted molar refractivity (Wildman–Crippen MR) is 100 cm³/mol. The molecule has 132 valence electrons. The topological polar surface area (TPSA) is 53.9 Å². The molecule has 1 N–H and O–H groups in total. The van der Waals surface area contributed by atoms with E-state index in [1.807, 2.05) is 19.1 Å². The van der Waals surface area contributed by atoms with Crippen molar-refractivity contribution in [3.63, 3.8) is 0 Å². The van der Waals surface area contributed by atoms with Crippen molar-refractivity contribution >= 4 is 17.6 Å². The molecule has 1 unspecified atom stereocenters. The molecular weight excluding hydrogens is 329 g/mol. The summed E-state index contributed by atoms with van der Waals surface area (Å²) in [7, 11) is 0. The highest BCUT2D eigenvalue weighted by Gasteiger charge is 2.29. The Morgan fingerprint density at radius 2 is 1.96 bits per heavy atom. The summed E-state index contributed by atoms with van der Waals surface area (Å²) >= 11 is 0. The van der Waals surface area contributed by atoms with Gasteiger partial charge in [-0.15, -0.1) is 0 Å². The molecule has 0 spiro atoms. The number of para-hydroxylation sites is 1. The van der Waals surface area contributed by atoms with E-state index in [1.165, 1.54) is 17.7 Å². The molecule has 2 heterocycles. The molecule has 0 saturated heterocycles. The first-order valence-electron chi connectivity index (χ1n) is 8.68. The highest BCUT2D eigenvalue weighted by Crippen LogP contribution is 2.36. The number of anilines is 3. The molecule has 4 rings (SSSR count). The monoisotopic (exact) mass is 349 g/mol. The lowest BCUT2D eigenvalue weighted by molar-refractivity contribution is 0.626. The van der Waals surface area contributed by atoms with Gasteiger partial charge in [-0.2, -0.15) is 15.0 Å². The zero-order valence-electron chi connectivity index (χ0n) is 14.8. The molecule has 5 nitrogen and oxygen atoms in total. The minimum Gasteiger partial charge on any atom is -0.350 e. The van der Waals surface area contributed by atoms with Crippen molar-refractivity contribution in [2.45, 2.75) is 32.9 Å². The summed E-state index contributed by atoms with van der Waals surface area (Å²) in [4.78, 5) is 15.7.